The summed E-state index contributed by atoms with van der Waals surface area (Å²) in [6, 6.07) is 13.7. The number of anilines is 1. The van der Waals surface area contributed by atoms with E-state index in [1.807, 2.05) is 18.2 Å². The second kappa shape index (κ2) is 7.21. The molecule has 0 fully saturated rings. The summed E-state index contributed by atoms with van der Waals surface area (Å²) >= 11 is 0. The van der Waals surface area contributed by atoms with E-state index in [-0.39, 0.29) is 11.7 Å². The summed E-state index contributed by atoms with van der Waals surface area (Å²) in [5.74, 6) is -0.448. The fourth-order valence-corrected chi connectivity index (χ4v) is 2.77. The summed E-state index contributed by atoms with van der Waals surface area (Å²) in [5, 5.41) is 1.10. The maximum absolute atomic E-state index is 14.0. The Balaban J connectivity index is 2.06. The quantitative estimate of drug-likeness (QED) is 0.674. The van der Waals surface area contributed by atoms with Crippen LogP contribution in [0.25, 0.3) is 10.8 Å². The molecular formula is C20H19FN2O. The van der Waals surface area contributed by atoms with Gasteiger partial charge in [-0.15, -0.1) is 0 Å². The van der Waals surface area contributed by atoms with Crippen LogP contribution in [0, 0.1) is 5.82 Å². The molecule has 0 unspecified atom stereocenters. The first kappa shape index (κ1) is 16.1. The first-order valence-electron chi connectivity index (χ1n) is 8.11. The summed E-state index contributed by atoms with van der Waals surface area (Å²) in [7, 11) is 0. The Bertz CT molecular complexity index is 849. The molecule has 3 aromatic rings. The van der Waals surface area contributed by atoms with E-state index < -0.39 is 0 Å². The molecule has 0 saturated heterocycles. The molecule has 3 nitrogen and oxygen atoms in total. The average Bonchev–Trinajstić information content (AvgIpc) is 2.63. The fourth-order valence-electron chi connectivity index (χ4n) is 2.77. The zero-order chi connectivity index (χ0) is 16.9. The lowest BCUT2D eigenvalue weighted by Crippen LogP contribution is -2.32. The number of carbonyl (C=O) groups excluding carboxylic acids is 1. The van der Waals surface area contributed by atoms with Gasteiger partial charge in [-0.3, -0.25) is 9.78 Å². The van der Waals surface area contributed by atoms with Crippen molar-refractivity contribution in [2.24, 2.45) is 0 Å². The van der Waals surface area contributed by atoms with Crippen molar-refractivity contribution in [2.75, 3.05) is 11.4 Å². The highest BCUT2D eigenvalue weighted by atomic mass is 19.1. The molecule has 122 valence electrons. The Morgan fingerprint density at radius 1 is 1.08 bits per heavy atom. The number of halogens is 1. The molecule has 0 saturated carbocycles. The molecule has 0 spiro atoms. The normalized spacial score (nSPS) is 10.8. The Kier molecular flexibility index (Phi) is 4.85. The summed E-state index contributed by atoms with van der Waals surface area (Å²) in [5.41, 5.74) is 1.26. The van der Waals surface area contributed by atoms with E-state index >= 15 is 0 Å². The van der Waals surface area contributed by atoms with E-state index in [4.69, 9.17) is 0 Å². The number of carbonyl (C=O) groups is 1. The summed E-state index contributed by atoms with van der Waals surface area (Å²) in [6.07, 6.45) is 5.23. The molecule has 2 aromatic carbocycles. The number of fused-ring (bicyclic) bond motifs is 1. The van der Waals surface area contributed by atoms with E-state index in [0.29, 0.717) is 22.9 Å². The first-order valence-corrected chi connectivity index (χ1v) is 8.11. The first-order chi connectivity index (χ1) is 11.7. The van der Waals surface area contributed by atoms with Gasteiger partial charge in [0.25, 0.3) is 5.91 Å². The molecule has 4 heteroatoms. The third-order valence-corrected chi connectivity index (χ3v) is 4.04. The molecule has 0 aliphatic carbocycles. The largest absolute Gasteiger partial charge is 0.307 e. The van der Waals surface area contributed by atoms with Crippen molar-refractivity contribution in [2.45, 2.75) is 19.8 Å². The van der Waals surface area contributed by atoms with Gasteiger partial charge in [0, 0.05) is 23.7 Å². The van der Waals surface area contributed by atoms with Crippen LogP contribution in [-0.2, 0) is 0 Å². The summed E-state index contributed by atoms with van der Waals surface area (Å²) in [4.78, 5) is 19.0. The number of benzene rings is 2. The highest BCUT2D eigenvalue weighted by molar-refractivity contribution is 6.14. The Morgan fingerprint density at radius 3 is 2.58 bits per heavy atom. The predicted molar refractivity (Wildman–Crippen MR) is 94.7 cm³/mol. The smallest absolute Gasteiger partial charge is 0.258 e. The van der Waals surface area contributed by atoms with Gasteiger partial charge < -0.3 is 4.90 Å². The predicted octanol–water partition coefficient (Wildman–Crippen LogP) is 4.82. The van der Waals surface area contributed by atoms with Crippen LogP contribution in [0.3, 0.4) is 0 Å². The minimum absolute atomic E-state index is 0.132. The number of rotatable bonds is 5. The zero-order valence-corrected chi connectivity index (χ0v) is 13.6. The Labute approximate surface area is 140 Å². The van der Waals surface area contributed by atoms with E-state index in [0.717, 1.165) is 18.5 Å². The molecule has 0 aliphatic heterocycles. The molecule has 0 atom stereocenters. The third-order valence-electron chi connectivity index (χ3n) is 4.04. The minimum Gasteiger partial charge on any atom is -0.307 e. The van der Waals surface area contributed by atoms with Gasteiger partial charge in [0.05, 0.1) is 11.9 Å². The van der Waals surface area contributed by atoms with Crippen LogP contribution in [0.4, 0.5) is 10.1 Å². The van der Waals surface area contributed by atoms with Crippen LogP contribution in [0.5, 0.6) is 0 Å². The molecule has 1 aromatic heterocycles. The molecule has 0 bridgehead atoms. The van der Waals surface area contributed by atoms with Crippen LogP contribution < -0.4 is 4.90 Å². The van der Waals surface area contributed by atoms with Gasteiger partial charge in [0.15, 0.2) is 0 Å². The van der Waals surface area contributed by atoms with Crippen LogP contribution in [-0.4, -0.2) is 17.4 Å². The van der Waals surface area contributed by atoms with Gasteiger partial charge in [0.1, 0.15) is 5.82 Å². The minimum atomic E-state index is -0.316. The number of amides is 1. The van der Waals surface area contributed by atoms with E-state index in [9.17, 15) is 9.18 Å². The van der Waals surface area contributed by atoms with Crippen LogP contribution in [0.2, 0.25) is 0 Å². The highest BCUT2D eigenvalue weighted by Crippen LogP contribution is 2.25. The maximum Gasteiger partial charge on any atom is 0.258 e. The van der Waals surface area contributed by atoms with Crippen LogP contribution in [0.1, 0.15) is 30.1 Å². The van der Waals surface area contributed by atoms with Gasteiger partial charge in [-0.25, -0.2) is 4.39 Å². The Hall–Kier alpha value is -2.75. The lowest BCUT2D eigenvalue weighted by Gasteiger charge is -2.23. The monoisotopic (exact) mass is 322 g/mol. The maximum atomic E-state index is 14.0. The molecule has 24 heavy (non-hydrogen) atoms. The van der Waals surface area contributed by atoms with Gasteiger partial charge in [0.2, 0.25) is 0 Å². The zero-order valence-electron chi connectivity index (χ0n) is 13.6. The SMILES string of the molecule is CCCCN(C(=O)c1ccc(F)c2ccccc12)c1cccnc1. The Morgan fingerprint density at radius 2 is 1.88 bits per heavy atom. The molecule has 0 radical (unpaired) electrons. The van der Waals surface area contributed by atoms with Crippen molar-refractivity contribution in [3.63, 3.8) is 0 Å². The molecule has 1 amide bonds. The van der Waals surface area contributed by atoms with Crippen molar-refractivity contribution < 1.29 is 9.18 Å². The van der Waals surface area contributed by atoms with E-state index in [1.165, 1.54) is 6.07 Å². The molecular weight excluding hydrogens is 303 g/mol. The van der Waals surface area contributed by atoms with Gasteiger partial charge in [-0.2, -0.15) is 0 Å². The lowest BCUT2D eigenvalue weighted by molar-refractivity contribution is 0.0988. The number of hydrogen-bond donors (Lipinski definition) is 0. The van der Waals surface area contributed by atoms with Gasteiger partial charge in [-0.1, -0.05) is 37.6 Å². The third kappa shape index (κ3) is 3.13. The van der Waals surface area contributed by atoms with Gasteiger partial charge in [-0.05, 0) is 36.1 Å². The van der Waals surface area contributed by atoms with Crippen molar-refractivity contribution in [1.29, 1.82) is 0 Å². The van der Waals surface area contributed by atoms with Crippen molar-refractivity contribution in [3.05, 3.63) is 72.3 Å². The van der Waals surface area contributed by atoms with Crippen molar-refractivity contribution >= 4 is 22.4 Å². The molecule has 3 rings (SSSR count). The summed E-state index contributed by atoms with van der Waals surface area (Å²) in [6.45, 7) is 2.69. The topological polar surface area (TPSA) is 33.2 Å². The fraction of sp³-hybridized carbons (Fsp3) is 0.200. The second-order valence-corrected chi connectivity index (χ2v) is 5.66. The number of unbranched alkanes of at least 4 members (excludes halogenated alkanes) is 1. The number of aromatic nitrogens is 1. The average molecular weight is 322 g/mol. The van der Waals surface area contributed by atoms with Gasteiger partial charge >= 0.3 is 0 Å². The van der Waals surface area contributed by atoms with E-state index in [2.05, 4.69) is 11.9 Å². The summed E-state index contributed by atoms with van der Waals surface area (Å²) < 4.78 is 14.0. The highest BCUT2D eigenvalue weighted by Gasteiger charge is 2.20. The molecule has 1 heterocycles. The second-order valence-electron chi connectivity index (χ2n) is 5.66. The lowest BCUT2D eigenvalue weighted by atomic mass is 10.0. The number of pyridine rings is 1. The van der Waals surface area contributed by atoms with E-state index in [1.54, 1.807) is 41.6 Å². The standard InChI is InChI=1S/C20H19FN2O/c1-2-3-13-23(15-7-6-12-22-14-15)20(24)18-10-11-19(21)17-9-5-4-8-16(17)18/h4-12,14H,2-3,13H2,1H3. The van der Waals surface area contributed by atoms with Crippen LogP contribution >= 0.6 is 0 Å². The van der Waals surface area contributed by atoms with Crippen molar-refractivity contribution in [3.8, 4) is 0 Å². The molecule has 0 aliphatic rings. The van der Waals surface area contributed by atoms with Crippen molar-refractivity contribution in [1.82, 2.24) is 4.98 Å². The molecule has 0 N–H and O–H groups in total. The number of nitrogens with zero attached hydrogens (tertiary/aromatic N) is 2. The number of hydrogen-bond acceptors (Lipinski definition) is 2. The van der Waals surface area contributed by atoms with Crippen LogP contribution in [0.15, 0.2) is 60.9 Å².